The SMILES string of the molecule is C=CCNC(=O)c1ccc(COc2ccc3c(c2)C(c2cccc(F)c2)N(C(=O)CC)CC3)o1. The quantitative estimate of drug-likeness (QED) is 0.488. The van der Waals surface area contributed by atoms with E-state index in [1.165, 1.54) is 12.1 Å². The average Bonchev–Trinajstić information content (AvgIpc) is 3.34. The fourth-order valence-electron chi connectivity index (χ4n) is 4.17. The Balaban J connectivity index is 1.57. The van der Waals surface area contributed by atoms with Gasteiger partial charge in [-0.05, 0) is 59.5 Å². The molecule has 7 heteroatoms. The lowest BCUT2D eigenvalue weighted by atomic mass is 9.87. The third kappa shape index (κ3) is 5.03. The van der Waals surface area contributed by atoms with Crippen molar-refractivity contribution in [1.29, 1.82) is 0 Å². The van der Waals surface area contributed by atoms with Gasteiger partial charge < -0.3 is 19.4 Å². The van der Waals surface area contributed by atoms with Crippen LogP contribution in [0.3, 0.4) is 0 Å². The van der Waals surface area contributed by atoms with E-state index in [0.29, 0.717) is 37.4 Å². The van der Waals surface area contributed by atoms with Gasteiger partial charge >= 0.3 is 0 Å². The molecule has 0 saturated carbocycles. The van der Waals surface area contributed by atoms with Gasteiger partial charge in [0.2, 0.25) is 5.91 Å². The van der Waals surface area contributed by atoms with Gasteiger partial charge in [0.05, 0.1) is 6.04 Å². The van der Waals surface area contributed by atoms with Gasteiger partial charge in [-0.15, -0.1) is 6.58 Å². The van der Waals surface area contributed by atoms with Crippen LogP contribution in [0.4, 0.5) is 4.39 Å². The number of ether oxygens (including phenoxy) is 1. The van der Waals surface area contributed by atoms with Gasteiger partial charge in [0.15, 0.2) is 5.76 Å². The number of carbonyl (C=O) groups excluding carboxylic acids is 2. The van der Waals surface area contributed by atoms with Crippen molar-refractivity contribution < 1.29 is 23.1 Å². The molecular weight excluding hydrogens is 435 g/mol. The lowest BCUT2D eigenvalue weighted by Gasteiger charge is -2.38. The Hall–Kier alpha value is -3.87. The van der Waals surface area contributed by atoms with E-state index in [-0.39, 0.29) is 36.0 Å². The van der Waals surface area contributed by atoms with Crippen molar-refractivity contribution in [1.82, 2.24) is 10.2 Å². The highest BCUT2D eigenvalue weighted by molar-refractivity contribution is 5.91. The molecule has 0 bridgehead atoms. The summed E-state index contributed by atoms with van der Waals surface area (Å²) in [6.45, 7) is 6.46. The first-order valence-electron chi connectivity index (χ1n) is 11.3. The first-order chi connectivity index (χ1) is 16.5. The Bertz CT molecular complexity index is 1200. The monoisotopic (exact) mass is 462 g/mol. The Labute approximate surface area is 198 Å². The molecule has 176 valence electrons. The zero-order valence-corrected chi connectivity index (χ0v) is 19.1. The van der Waals surface area contributed by atoms with Crippen LogP contribution in [0.25, 0.3) is 0 Å². The average molecular weight is 463 g/mol. The molecule has 4 rings (SSSR count). The molecule has 1 aromatic heterocycles. The summed E-state index contributed by atoms with van der Waals surface area (Å²) in [4.78, 5) is 26.5. The molecule has 2 heterocycles. The number of fused-ring (bicyclic) bond motifs is 1. The van der Waals surface area contributed by atoms with Crippen molar-refractivity contribution in [3.8, 4) is 5.75 Å². The molecule has 3 aromatic rings. The number of benzene rings is 2. The summed E-state index contributed by atoms with van der Waals surface area (Å²) in [6.07, 6.45) is 2.68. The minimum atomic E-state index is -0.390. The molecule has 1 atom stereocenters. The van der Waals surface area contributed by atoms with E-state index >= 15 is 0 Å². The third-order valence-electron chi connectivity index (χ3n) is 5.81. The second-order valence-electron chi connectivity index (χ2n) is 8.06. The Kier molecular flexibility index (Phi) is 7.11. The van der Waals surface area contributed by atoms with Crippen LogP contribution in [0.15, 0.2) is 71.7 Å². The molecule has 1 aliphatic heterocycles. The van der Waals surface area contributed by atoms with Gasteiger partial charge in [-0.2, -0.15) is 0 Å². The Morgan fingerprint density at radius 2 is 2.09 bits per heavy atom. The van der Waals surface area contributed by atoms with Gasteiger partial charge in [0, 0.05) is 19.5 Å². The molecule has 34 heavy (non-hydrogen) atoms. The molecule has 0 fully saturated rings. The predicted molar refractivity (Wildman–Crippen MR) is 126 cm³/mol. The number of rotatable bonds is 8. The molecule has 1 N–H and O–H groups in total. The highest BCUT2D eigenvalue weighted by Crippen LogP contribution is 2.37. The molecule has 2 amide bonds. The van der Waals surface area contributed by atoms with Crippen LogP contribution in [-0.2, 0) is 17.8 Å². The van der Waals surface area contributed by atoms with Crippen LogP contribution in [0.2, 0.25) is 0 Å². The van der Waals surface area contributed by atoms with Crippen LogP contribution < -0.4 is 10.1 Å². The summed E-state index contributed by atoms with van der Waals surface area (Å²) in [5.74, 6) is 0.658. The van der Waals surface area contributed by atoms with E-state index in [1.54, 1.807) is 24.3 Å². The van der Waals surface area contributed by atoms with Gasteiger partial charge in [-0.3, -0.25) is 9.59 Å². The van der Waals surface area contributed by atoms with Crippen molar-refractivity contribution in [2.75, 3.05) is 13.1 Å². The number of amides is 2. The summed E-state index contributed by atoms with van der Waals surface area (Å²) >= 11 is 0. The normalized spacial score (nSPS) is 14.9. The van der Waals surface area contributed by atoms with Crippen LogP contribution in [0, 0.1) is 5.82 Å². The summed E-state index contributed by atoms with van der Waals surface area (Å²) in [5.41, 5.74) is 2.74. The molecule has 2 aromatic carbocycles. The van der Waals surface area contributed by atoms with Crippen molar-refractivity contribution in [3.05, 3.63) is 101 Å². The van der Waals surface area contributed by atoms with Gasteiger partial charge in [-0.25, -0.2) is 4.39 Å². The van der Waals surface area contributed by atoms with E-state index < -0.39 is 0 Å². The minimum Gasteiger partial charge on any atom is -0.486 e. The first-order valence-corrected chi connectivity index (χ1v) is 11.3. The minimum absolute atomic E-state index is 0.0177. The lowest BCUT2D eigenvalue weighted by Crippen LogP contribution is -2.40. The number of carbonyl (C=O) groups is 2. The predicted octanol–water partition coefficient (Wildman–Crippen LogP) is 4.80. The van der Waals surface area contributed by atoms with E-state index in [4.69, 9.17) is 9.15 Å². The number of hydrogen-bond donors (Lipinski definition) is 1. The van der Waals surface area contributed by atoms with E-state index in [0.717, 1.165) is 16.7 Å². The molecule has 6 nitrogen and oxygen atoms in total. The fraction of sp³-hybridized carbons (Fsp3) is 0.259. The maximum atomic E-state index is 14.1. The summed E-state index contributed by atoms with van der Waals surface area (Å²) in [5, 5.41) is 2.66. The number of nitrogens with zero attached hydrogens (tertiary/aromatic N) is 1. The fourth-order valence-corrected chi connectivity index (χ4v) is 4.17. The largest absolute Gasteiger partial charge is 0.486 e. The second kappa shape index (κ2) is 10.4. The smallest absolute Gasteiger partial charge is 0.287 e. The van der Waals surface area contributed by atoms with Crippen molar-refractivity contribution in [2.24, 2.45) is 0 Å². The molecular formula is C27H27FN2O4. The zero-order chi connectivity index (χ0) is 24.1. The zero-order valence-electron chi connectivity index (χ0n) is 19.1. The second-order valence-corrected chi connectivity index (χ2v) is 8.06. The molecule has 0 aliphatic carbocycles. The molecule has 0 saturated heterocycles. The van der Waals surface area contributed by atoms with Gasteiger partial charge in [-0.1, -0.05) is 31.2 Å². The van der Waals surface area contributed by atoms with E-state index in [1.807, 2.05) is 36.1 Å². The maximum absolute atomic E-state index is 14.1. The van der Waals surface area contributed by atoms with E-state index in [2.05, 4.69) is 11.9 Å². The third-order valence-corrected chi connectivity index (χ3v) is 5.81. The number of nitrogens with one attached hydrogen (secondary N) is 1. The number of halogens is 1. The molecule has 0 spiro atoms. The molecule has 1 aliphatic rings. The summed E-state index contributed by atoms with van der Waals surface area (Å²) < 4.78 is 25.6. The van der Waals surface area contributed by atoms with Crippen LogP contribution in [-0.4, -0.2) is 29.8 Å². The topological polar surface area (TPSA) is 71.8 Å². The first kappa shape index (κ1) is 23.3. The molecule has 1 unspecified atom stereocenters. The van der Waals surface area contributed by atoms with Crippen molar-refractivity contribution in [2.45, 2.75) is 32.4 Å². The summed E-state index contributed by atoms with van der Waals surface area (Å²) in [6, 6.07) is 15.0. The number of hydrogen-bond acceptors (Lipinski definition) is 4. The highest BCUT2D eigenvalue weighted by atomic mass is 19.1. The summed E-state index contributed by atoms with van der Waals surface area (Å²) in [7, 11) is 0. The lowest BCUT2D eigenvalue weighted by molar-refractivity contribution is -0.132. The standard InChI is InChI=1S/C27H27FN2O4/c1-3-13-29-27(32)24-11-10-22(34-24)17-33-21-9-8-18-12-14-30(25(31)4-2)26(23(18)16-21)19-6-5-7-20(28)15-19/h3,5-11,15-16,26H,1,4,12-14,17H2,2H3,(H,29,32). The van der Waals surface area contributed by atoms with Crippen LogP contribution in [0.5, 0.6) is 5.75 Å². The molecule has 0 radical (unpaired) electrons. The number of furan rings is 1. The maximum Gasteiger partial charge on any atom is 0.287 e. The van der Waals surface area contributed by atoms with Crippen LogP contribution in [0.1, 0.15) is 52.4 Å². The highest BCUT2D eigenvalue weighted by Gasteiger charge is 2.32. The Morgan fingerprint density at radius 1 is 1.24 bits per heavy atom. The van der Waals surface area contributed by atoms with Crippen LogP contribution >= 0.6 is 0 Å². The van der Waals surface area contributed by atoms with Crippen molar-refractivity contribution in [3.63, 3.8) is 0 Å². The van der Waals surface area contributed by atoms with Gasteiger partial charge in [0.25, 0.3) is 5.91 Å². The van der Waals surface area contributed by atoms with E-state index in [9.17, 15) is 14.0 Å². The Morgan fingerprint density at radius 3 is 2.85 bits per heavy atom. The van der Waals surface area contributed by atoms with Gasteiger partial charge in [0.1, 0.15) is 23.9 Å². The van der Waals surface area contributed by atoms with Crippen molar-refractivity contribution >= 4 is 11.8 Å².